The van der Waals surface area contributed by atoms with E-state index in [0.29, 0.717) is 6.04 Å². The molecule has 1 atom stereocenters. The van der Waals surface area contributed by atoms with E-state index in [0.717, 1.165) is 36.8 Å². The maximum absolute atomic E-state index is 4.62. The van der Waals surface area contributed by atoms with Gasteiger partial charge in [-0.1, -0.05) is 18.2 Å². The predicted molar refractivity (Wildman–Crippen MR) is 104 cm³/mol. The second-order valence-corrected chi connectivity index (χ2v) is 7.21. The molecule has 6 nitrogen and oxygen atoms in total. The molecular formula is C20H26N6. The summed E-state index contributed by atoms with van der Waals surface area (Å²) in [6.07, 6.45) is 5.20. The fraction of sp³-hybridized carbons (Fsp3) is 0.450. The molecular weight excluding hydrogens is 324 g/mol. The summed E-state index contributed by atoms with van der Waals surface area (Å²) in [5.74, 6) is 1.76. The number of likely N-dealkylation sites (tertiary alicyclic amines) is 1. The highest BCUT2D eigenvalue weighted by molar-refractivity contribution is 5.78. The molecule has 3 aromatic rings. The predicted octanol–water partition coefficient (Wildman–Crippen LogP) is 2.88. The zero-order valence-electron chi connectivity index (χ0n) is 15.5. The first-order chi connectivity index (χ1) is 12.7. The quantitative estimate of drug-likeness (QED) is 0.767. The molecule has 1 N–H and O–H groups in total. The second kappa shape index (κ2) is 7.41. The highest BCUT2D eigenvalue weighted by Crippen LogP contribution is 2.16. The molecule has 0 amide bonds. The van der Waals surface area contributed by atoms with Crippen molar-refractivity contribution in [2.75, 3.05) is 25.5 Å². The highest BCUT2D eigenvalue weighted by atomic mass is 15.3. The lowest BCUT2D eigenvalue weighted by Gasteiger charge is -2.30. The number of nitrogens with one attached hydrogen (secondary N) is 1. The fourth-order valence-electron chi connectivity index (χ4n) is 3.75. The van der Waals surface area contributed by atoms with Gasteiger partial charge in [-0.05, 0) is 39.4 Å². The molecule has 0 aliphatic carbocycles. The Balaban J connectivity index is 1.45. The molecule has 1 saturated heterocycles. The van der Waals surface area contributed by atoms with E-state index in [1.165, 1.54) is 30.3 Å². The van der Waals surface area contributed by atoms with E-state index in [9.17, 15) is 0 Å². The number of fused-ring (bicyclic) bond motifs is 1. The summed E-state index contributed by atoms with van der Waals surface area (Å²) >= 11 is 0. The van der Waals surface area contributed by atoms with Crippen LogP contribution in [0.2, 0.25) is 0 Å². The van der Waals surface area contributed by atoms with Crippen LogP contribution in [-0.2, 0) is 13.0 Å². The Bertz CT molecular complexity index is 887. The van der Waals surface area contributed by atoms with Crippen molar-refractivity contribution in [3.63, 3.8) is 0 Å². The molecule has 4 rings (SSSR count). The van der Waals surface area contributed by atoms with E-state index < -0.39 is 0 Å². The maximum Gasteiger partial charge on any atom is 0.130 e. The van der Waals surface area contributed by atoms with Crippen LogP contribution in [0.15, 0.2) is 36.5 Å². The Morgan fingerprint density at radius 2 is 2.12 bits per heavy atom. The minimum absolute atomic E-state index is 0.464. The summed E-state index contributed by atoms with van der Waals surface area (Å²) in [5.41, 5.74) is 2.23. The van der Waals surface area contributed by atoms with Crippen LogP contribution >= 0.6 is 0 Å². The van der Waals surface area contributed by atoms with Gasteiger partial charge in [0.1, 0.15) is 11.6 Å². The van der Waals surface area contributed by atoms with Crippen LogP contribution in [0.3, 0.4) is 0 Å². The van der Waals surface area contributed by atoms with Crippen LogP contribution in [0, 0.1) is 6.92 Å². The Hall–Kier alpha value is -2.47. The van der Waals surface area contributed by atoms with Crippen LogP contribution in [0.5, 0.6) is 0 Å². The van der Waals surface area contributed by atoms with Crippen LogP contribution in [0.1, 0.15) is 24.4 Å². The van der Waals surface area contributed by atoms with Gasteiger partial charge in [-0.15, -0.1) is 0 Å². The molecule has 0 saturated carbocycles. The molecule has 3 heterocycles. The van der Waals surface area contributed by atoms with Crippen LogP contribution in [0.4, 0.5) is 5.82 Å². The minimum Gasteiger partial charge on any atom is -0.366 e. The molecule has 1 aromatic carbocycles. The molecule has 0 spiro atoms. The summed E-state index contributed by atoms with van der Waals surface area (Å²) in [6, 6.07) is 10.9. The van der Waals surface area contributed by atoms with Crippen molar-refractivity contribution in [3.05, 3.63) is 48.0 Å². The lowest BCUT2D eigenvalue weighted by atomic mass is 10.1. The number of para-hydroxylation sites is 1. The van der Waals surface area contributed by atoms with Crippen LogP contribution in [-0.4, -0.2) is 50.8 Å². The van der Waals surface area contributed by atoms with Crippen molar-refractivity contribution in [2.45, 2.75) is 38.8 Å². The van der Waals surface area contributed by atoms with Crippen molar-refractivity contribution in [3.8, 4) is 0 Å². The van der Waals surface area contributed by atoms with E-state index in [2.05, 4.69) is 61.3 Å². The number of nitrogens with zero attached hydrogens (tertiary/aromatic N) is 5. The second-order valence-electron chi connectivity index (χ2n) is 7.21. The number of benzene rings is 1. The average Bonchev–Trinajstić information content (AvgIpc) is 3.03. The SMILES string of the molecule is Cc1nc(CCn2ncc3ccccc32)cc(N[C@@H]2CCCN(C)C2)n1. The number of piperidine rings is 1. The molecule has 6 heteroatoms. The Labute approximate surface area is 154 Å². The third-order valence-corrected chi connectivity index (χ3v) is 5.00. The Morgan fingerprint density at radius 3 is 3.00 bits per heavy atom. The normalized spacial score (nSPS) is 18.3. The van der Waals surface area contributed by atoms with Crippen molar-refractivity contribution in [1.29, 1.82) is 0 Å². The van der Waals surface area contributed by atoms with Crippen molar-refractivity contribution in [2.24, 2.45) is 0 Å². The number of rotatable bonds is 5. The topological polar surface area (TPSA) is 58.9 Å². The van der Waals surface area contributed by atoms with E-state index in [-0.39, 0.29) is 0 Å². The summed E-state index contributed by atoms with van der Waals surface area (Å²) in [7, 11) is 2.18. The van der Waals surface area contributed by atoms with Gasteiger partial charge in [-0.2, -0.15) is 5.10 Å². The van der Waals surface area contributed by atoms with Gasteiger partial charge < -0.3 is 10.2 Å². The smallest absolute Gasteiger partial charge is 0.130 e. The first kappa shape index (κ1) is 17.0. The molecule has 136 valence electrons. The Morgan fingerprint density at radius 1 is 1.23 bits per heavy atom. The van der Waals surface area contributed by atoms with Crippen LogP contribution in [0.25, 0.3) is 10.9 Å². The van der Waals surface area contributed by atoms with Gasteiger partial charge in [-0.25, -0.2) is 9.97 Å². The largest absolute Gasteiger partial charge is 0.366 e. The number of hydrogen-bond acceptors (Lipinski definition) is 5. The molecule has 2 aromatic heterocycles. The van der Waals surface area contributed by atoms with E-state index >= 15 is 0 Å². The minimum atomic E-state index is 0.464. The summed E-state index contributed by atoms with van der Waals surface area (Å²) in [6.45, 7) is 5.03. The van der Waals surface area contributed by atoms with Crippen molar-refractivity contribution in [1.82, 2.24) is 24.6 Å². The highest BCUT2D eigenvalue weighted by Gasteiger charge is 2.17. The molecule has 26 heavy (non-hydrogen) atoms. The third kappa shape index (κ3) is 3.85. The number of anilines is 1. The van der Waals surface area contributed by atoms with Gasteiger partial charge in [0.2, 0.25) is 0 Å². The number of hydrogen-bond donors (Lipinski definition) is 1. The molecule has 1 aliphatic heterocycles. The maximum atomic E-state index is 4.62. The van der Waals surface area contributed by atoms with E-state index in [1.807, 2.05) is 19.2 Å². The molecule has 0 bridgehead atoms. The lowest BCUT2D eigenvalue weighted by Crippen LogP contribution is -2.40. The molecule has 0 unspecified atom stereocenters. The van der Waals surface area contributed by atoms with Gasteiger partial charge in [-0.3, -0.25) is 4.68 Å². The van der Waals surface area contributed by atoms with Gasteiger partial charge >= 0.3 is 0 Å². The monoisotopic (exact) mass is 350 g/mol. The molecule has 1 aliphatic rings. The summed E-state index contributed by atoms with van der Waals surface area (Å²) in [4.78, 5) is 11.6. The summed E-state index contributed by atoms with van der Waals surface area (Å²) in [5, 5.41) is 9.29. The number of aromatic nitrogens is 4. The average molecular weight is 350 g/mol. The van der Waals surface area contributed by atoms with Gasteiger partial charge in [0, 0.05) is 42.7 Å². The summed E-state index contributed by atoms with van der Waals surface area (Å²) < 4.78 is 2.05. The standard InChI is InChI=1S/C20H26N6/c1-15-22-17(9-11-26-19-8-4-3-6-16(19)13-21-26)12-20(23-15)24-18-7-5-10-25(2)14-18/h3-4,6,8,12-13,18H,5,7,9-11,14H2,1-2H3,(H,22,23,24)/t18-/m1/s1. The zero-order valence-corrected chi connectivity index (χ0v) is 15.5. The van der Waals surface area contributed by atoms with Gasteiger partial charge in [0.15, 0.2) is 0 Å². The van der Waals surface area contributed by atoms with Gasteiger partial charge in [0.25, 0.3) is 0 Å². The number of likely N-dealkylation sites (N-methyl/N-ethyl adjacent to an activating group) is 1. The van der Waals surface area contributed by atoms with E-state index in [1.54, 1.807) is 0 Å². The molecule has 0 radical (unpaired) electrons. The van der Waals surface area contributed by atoms with Crippen molar-refractivity contribution >= 4 is 16.7 Å². The number of aryl methyl sites for hydroxylation is 3. The van der Waals surface area contributed by atoms with Gasteiger partial charge in [0.05, 0.1) is 11.7 Å². The molecule has 1 fully saturated rings. The van der Waals surface area contributed by atoms with Crippen molar-refractivity contribution < 1.29 is 0 Å². The van der Waals surface area contributed by atoms with Crippen LogP contribution < -0.4 is 5.32 Å². The zero-order chi connectivity index (χ0) is 17.9. The van der Waals surface area contributed by atoms with E-state index in [4.69, 9.17) is 0 Å². The first-order valence-corrected chi connectivity index (χ1v) is 9.37. The fourth-order valence-corrected chi connectivity index (χ4v) is 3.75. The lowest BCUT2D eigenvalue weighted by molar-refractivity contribution is 0.260. The third-order valence-electron chi connectivity index (χ3n) is 5.00. The Kier molecular flexibility index (Phi) is 4.84. The first-order valence-electron chi connectivity index (χ1n) is 9.37.